The zero-order valence-electron chi connectivity index (χ0n) is 19.1. The van der Waals surface area contributed by atoms with Crippen molar-refractivity contribution in [2.24, 2.45) is 5.92 Å². The van der Waals surface area contributed by atoms with Gasteiger partial charge in [-0.15, -0.1) is 0 Å². The molecule has 0 radical (unpaired) electrons. The summed E-state index contributed by atoms with van der Waals surface area (Å²) in [7, 11) is -0.869. The van der Waals surface area contributed by atoms with Crippen LogP contribution in [0.4, 0.5) is 10.1 Å². The molecule has 0 bridgehead atoms. The van der Waals surface area contributed by atoms with Crippen molar-refractivity contribution < 1.29 is 27.1 Å². The monoisotopic (exact) mass is 479 g/mol. The van der Waals surface area contributed by atoms with Gasteiger partial charge in [0.1, 0.15) is 5.82 Å². The molecule has 1 fully saturated rings. The van der Waals surface area contributed by atoms with Gasteiger partial charge >= 0.3 is 10.2 Å². The van der Waals surface area contributed by atoms with Gasteiger partial charge in [0.05, 0.1) is 25.3 Å². The van der Waals surface area contributed by atoms with E-state index < -0.39 is 21.9 Å². The Morgan fingerprint density at radius 1 is 1.21 bits per heavy atom. The number of methoxy groups -OCH3 is 1. The molecule has 1 amide bonds. The Morgan fingerprint density at radius 3 is 2.61 bits per heavy atom. The van der Waals surface area contributed by atoms with Crippen LogP contribution in [0, 0.1) is 11.7 Å². The van der Waals surface area contributed by atoms with Crippen LogP contribution in [0.3, 0.4) is 0 Å². The first-order valence-corrected chi connectivity index (χ1v) is 12.2. The van der Waals surface area contributed by atoms with Crippen molar-refractivity contribution in [2.45, 2.75) is 26.3 Å². The highest BCUT2D eigenvalue weighted by atomic mass is 32.2. The highest BCUT2D eigenvalue weighted by Crippen LogP contribution is 2.28. The minimum atomic E-state index is -3.85. The molecule has 1 aliphatic heterocycles. The van der Waals surface area contributed by atoms with E-state index in [9.17, 15) is 17.6 Å². The number of piperidine rings is 1. The lowest BCUT2D eigenvalue weighted by molar-refractivity contribution is -0.126. The molecule has 0 unspecified atom stereocenters. The van der Waals surface area contributed by atoms with Gasteiger partial charge in [0, 0.05) is 26.7 Å². The average Bonchev–Trinajstić information content (AvgIpc) is 2.83. The first-order chi connectivity index (χ1) is 15.8. The van der Waals surface area contributed by atoms with Gasteiger partial charge in [-0.1, -0.05) is 6.07 Å². The summed E-state index contributed by atoms with van der Waals surface area (Å²) in [6, 6.07) is 10.7. The van der Waals surface area contributed by atoms with E-state index in [4.69, 9.17) is 9.47 Å². The van der Waals surface area contributed by atoms with E-state index in [0.29, 0.717) is 49.7 Å². The van der Waals surface area contributed by atoms with Crippen molar-refractivity contribution in [2.75, 3.05) is 38.2 Å². The lowest BCUT2D eigenvalue weighted by Gasteiger charge is -2.34. The predicted molar refractivity (Wildman–Crippen MR) is 124 cm³/mol. The number of hydrogen-bond donors (Lipinski definition) is 1. The fraction of sp³-hybridized carbons (Fsp3) is 0.435. The Morgan fingerprint density at radius 2 is 1.94 bits per heavy atom. The van der Waals surface area contributed by atoms with Crippen molar-refractivity contribution in [3.05, 3.63) is 53.8 Å². The molecule has 1 aliphatic rings. The molecule has 8 nitrogen and oxygen atoms in total. The van der Waals surface area contributed by atoms with Crippen LogP contribution in [-0.4, -0.2) is 52.5 Å². The number of carbonyl (C=O) groups is 1. The second kappa shape index (κ2) is 10.8. The molecule has 2 aromatic rings. The third-order valence-electron chi connectivity index (χ3n) is 5.61. The van der Waals surface area contributed by atoms with Crippen LogP contribution in [0.1, 0.15) is 25.3 Å². The number of rotatable bonds is 9. The summed E-state index contributed by atoms with van der Waals surface area (Å²) < 4.78 is 52.6. The number of anilines is 1. The zero-order chi connectivity index (χ0) is 24.0. The van der Waals surface area contributed by atoms with Crippen LogP contribution in [0.25, 0.3) is 0 Å². The number of ether oxygens (including phenoxy) is 2. The van der Waals surface area contributed by atoms with E-state index in [1.54, 1.807) is 19.2 Å². The Bertz CT molecular complexity index is 1060. The molecule has 180 valence electrons. The number of nitrogens with one attached hydrogen (secondary N) is 1. The number of benzene rings is 2. The maximum absolute atomic E-state index is 13.2. The lowest BCUT2D eigenvalue weighted by atomic mass is 9.98. The third kappa shape index (κ3) is 5.94. The molecular formula is C23H30FN3O5S. The molecule has 1 heterocycles. The van der Waals surface area contributed by atoms with E-state index in [-0.39, 0.29) is 12.5 Å². The molecule has 10 heteroatoms. The number of amides is 1. The minimum Gasteiger partial charge on any atom is -0.493 e. The molecule has 0 spiro atoms. The molecule has 1 atom stereocenters. The molecular weight excluding hydrogens is 449 g/mol. The van der Waals surface area contributed by atoms with Gasteiger partial charge in [0.2, 0.25) is 5.91 Å². The van der Waals surface area contributed by atoms with Crippen molar-refractivity contribution in [1.82, 2.24) is 9.62 Å². The first-order valence-electron chi connectivity index (χ1n) is 10.8. The standard InChI is InChI=1S/C23H30FN3O5S/c1-4-32-21-12-7-17(14-22(21)31-3)15-25-23(28)18-6-5-13-27(16-18)33(29,30)26(2)20-10-8-19(24)9-11-20/h7-12,14,18H,4-6,13,15-16H2,1-3H3,(H,25,28)/t18-/m1/s1. The van der Waals surface area contributed by atoms with E-state index >= 15 is 0 Å². The summed E-state index contributed by atoms with van der Waals surface area (Å²) in [6.45, 7) is 3.11. The van der Waals surface area contributed by atoms with Crippen molar-refractivity contribution in [3.8, 4) is 11.5 Å². The third-order valence-corrected chi connectivity index (χ3v) is 7.50. The molecule has 3 rings (SSSR count). The normalized spacial score (nSPS) is 16.8. The van der Waals surface area contributed by atoms with Gasteiger partial charge in [0.25, 0.3) is 0 Å². The van der Waals surface area contributed by atoms with Crippen LogP contribution in [0.2, 0.25) is 0 Å². The predicted octanol–water partition coefficient (Wildman–Crippen LogP) is 2.94. The van der Waals surface area contributed by atoms with Crippen molar-refractivity contribution >= 4 is 21.8 Å². The van der Waals surface area contributed by atoms with Crippen molar-refractivity contribution in [1.29, 1.82) is 0 Å². The summed E-state index contributed by atoms with van der Waals surface area (Å²) in [6.07, 6.45) is 1.18. The minimum absolute atomic E-state index is 0.0896. The van der Waals surface area contributed by atoms with Crippen LogP contribution in [0.5, 0.6) is 11.5 Å². The molecule has 1 N–H and O–H groups in total. The fourth-order valence-electron chi connectivity index (χ4n) is 3.75. The van der Waals surface area contributed by atoms with Gasteiger partial charge in [-0.2, -0.15) is 12.7 Å². The SMILES string of the molecule is CCOc1ccc(CNC(=O)[C@@H]2CCCN(S(=O)(=O)N(C)c3ccc(F)cc3)C2)cc1OC. The van der Waals surface area contributed by atoms with Crippen LogP contribution in [-0.2, 0) is 21.5 Å². The van der Waals surface area contributed by atoms with Gasteiger partial charge < -0.3 is 14.8 Å². The Balaban J connectivity index is 1.62. The quantitative estimate of drug-likeness (QED) is 0.598. The van der Waals surface area contributed by atoms with E-state index in [1.807, 2.05) is 13.0 Å². The average molecular weight is 480 g/mol. The second-order valence-electron chi connectivity index (χ2n) is 7.78. The Hall–Kier alpha value is -2.85. The van der Waals surface area contributed by atoms with Crippen LogP contribution >= 0.6 is 0 Å². The second-order valence-corrected chi connectivity index (χ2v) is 9.74. The summed E-state index contributed by atoms with van der Waals surface area (Å²) in [5.41, 5.74) is 1.20. The Labute approximate surface area is 194 Å². The molecule has 2 aromatic carbocycles. The Kier molecular flexibility index (Phi) is 8.15. The molecule has 0 saturated carbocycles. The number of halogens is 1. The van der Waals surface area contributed by atoms with Gasteiger partial charge in [0.15, 0.2) is 11.5 Å². The van der Waals surface area contributed by atoms with Crippen LogP contribution < -0.4 is 19.1 Å². The van der Waals surface area contributed by atoms with E-state index in [2.05, 4.69) is 5.32 Å². The molecule has 33 heavy (non-hydrogen) atoms. The topological polar surface area (TPSA) is 88.2 Å². The summed E-state index contributed by atoms with van der Waals surface area (Å²) in [4.78, 5) is 12.8. The fourth-order valence-corrected chi connectivity index (χ4v) is 5.22. The molecule has 0 aliphatic carbocycles. The molecule has 1 saturated heterocycles. The summed E-state index contributed by atoms with van der Waals surface area (Å²) >= 11 is 0. The smallest absolute Gasteiger partial charge is 0.303 e. The van der Waals surface area contributed by atoms with E-state index in [0.717, 1.165) is 9.87 Å². The van der Waals surface area contributed by atoms with Crippen molar-refractivity contribution in [3.63, 3.8) is 0 Å². The molecule has 0 aromatic heterocycles. The van der Waals surface area contributed by atoms with Crippen LogP contribution in [0.15, 0.2) is 42.5 Å². The largest absolute Gasteiger partial charge is 0.493 e. The number of hydrogen-bond acceptors (Lipinski definition) is 5. The highest BCUT2D eigenvalue weighted by molar-refractivity contribution is 7.90. The number of carbonyl (C=O) groups excluding carboxylic acids is 1. The van der Waals surface area contributed by atoms with Gasteiger partial charge in [-0.3, -0.25) is 9.10 Å². The lowest BCUT2D eigenvalue weighted by Crippen LogP contribution is -2.49. The zero-order valence-corrected chi connectivity index (χ0v) is 19.9. The van der Waals surface area contributed by atoms with E-state index in [1.165, 1.54) is 35.6 Å². The maximum atomic E-state index is 13.2. The van der Waals surface area contributed by atoms with Gasteiger partial charge in [-0.25, -0.2) is 4.39 Å². The highest BCUT2D eigenvalue weighted by Gasteiger charge is 2.34. The maximum Gasteiger partial charge on any atom is 0.303 e. The first kappa shape index (κ1) is 24.8. The van der Waals surface area contributed by atoms with Gasteiger partial charge in [-0.05, 0) is 61.7 Å². The number of nitrogens with zero attached hydrogens (tertiary/aromatic N) is 2. The summed E-state index contributed by atoms with van der Waals surface area (Å²) in [5.74, 6) is 0.118. The summed E-state index contributed by atoms with van der Waals surface area (Å²) in [5, 5.41) is 2.90.